The van der Waals surface area contributed by atoms with Crippen LogP contribution in [0.25, 0.3) is 22.3 Å². The maximum atomic E-state index is 14.9. The Morgan fingerprint density at radius 3 is 2.00 bits per heavy atom. The molecule has 27 heavy (non-hydrogen) atoms. The number of aryl methyl sites for hydroxylation is 2. The van der Waals surface area contributed by atoms with Gasteiger partial charge in [-0.05, 0) is 48.1 Å². The van der Waals surface area contributed by atoms with Crippen LogP contribution in [0, 0.1) is 30.2 Å². The van der Waals surface area contributed by atoms with Crippen LogP contribution in [0.3, 0.4) is 0 Å². The van der Waals surface area contributed by atoms with Crippen LogP contribution in [0.5, 0.6) is 0 Å². The molecule has 0 saturated heterocycles. The van der Waals surface area contributed by atoms with E-state index in [0.717, 1.165) is 5.56 Å². The highest BCUT2D eigenvalue weighted by atomic mass is 19.2. The van der Waals surface area contributed by atoms with Crippen LogP contribution in [0.2, 0.25) is 0 Å². The number of benzene rings is 3. The molecule has 0 aromatic heterocycles. The Labute approximate surface area is 155 Å². The molecule has 1 aliphatic carbocycles. The molecule has 3 aromatic carbocycles. The third kappa shape index (κ3) is 2.75. The number of hydrogen-bond donors (Lipinski definition) is 0. The molecule has 0 bridgehead atoms. The van der Waals surface area contributed by atoms with E-state index in [0.29, 0.717) is 29.5 Å². The first-order chi connectivity index (χ1) is 12.9. The highest BCUT2D eigenvalue weighted by Crippen LogP contribution is 2.44. The molecular weight excluding hydrogens is 352 g/mol. The van der Waals surface area contributed by atoms with Crippen molar-refractivity contribution < 1.29 is 17.6 Å². The minimum absolute atomic E-state index is 0.133. The van der Waals surface area contributed by atoms with Crippen molar-refractivity contribution in [3.8, 4) is 22.3 Å². The Bertz CT molecular complexity index is 1050. The molecule has 0 unspecified atom stereocenters. The highest BCUT2D eigenvalue weighted by molar-refractivity contribution is 5.82. The molecule has 0 radical (unpaired) electrons. The minimum Gasteiger partial charge on any atom is -0.203 e. The van der Waals surface area contributed by atoms with Gasteiger partial charge in [-0.3, -0.25) is 0 Å². The van der Waals surface area contributed by atoms with Gasteiger partial charge in [-0.1, -0.05) is 49.2 Å². The summed E-state index contributed by atoms with van der Waals surface area (Å²) in [5.74, 6) is -4.21. The molecule has 0 nitrogen and oxygen atoms in total. The Morgan fingerprint density at radius 2 is 1.37 bits per heavy atom. The van der Waals surface area contributed by atoms with Crippen LogP contribution in [0.1, 0.15) is 35.6 Å². The fraction of sp³-hybridized carbons (Fsp3) is 0.217. The Morgan fingerprint density at radius 1 is 0.778 bits per heavy atom. The molecule has 0 atom stereocenters. The fourth-order valence-electron chi connectivity index (χ4n) is 3.84. The van der Waals surface area contributed by atoms with Gasteiger partial charge in [0.25, 0.3) is 0 Å². The van der Waals surface area contributed by atoms with Crippen molar-refractivity contribution in [3.63, 3.8) is 0 Å². The van der Waals surface area contributed by atoms with Gasteiger partial charge in [-0.25, -0.2) is 17.6 Å². The SMILES string of the molecule is CCCc1cc2c(c(F)c1F)-c1c(cc(-c3ccc(C)cc3)c(F)c1F)C2. The summed E-state index contributed by atoms with van der Waals surface area (Å²) in [4.78, 5) is 0. The minimum atomic E-state index is -1.12. The Balaban J connectivity index is 1.91. The normalized spacial score (nSPS) is 12.2. The number of halogens is 4. The third-order valence-corrected chi connectivity index (χ3v) is 5.16. The maximum Gasteiger partial charge on any atom is 0.167 e. The van der Waals surface area contributed by atoms with Crippen LogP contribution in [-0.4, -0.2) is 0 Å². The largest absolute Gasteiger partial charge is 0.203 e. The van der Waals surface area contributed by atoms with Gasteiger partial charge in [0.2, 0.25) is 0 Å². The molecular formula is C23H18F4. The van der Waals surface area contributed by atoms with E-state index in [1.54, 1.807) is 24.3 Å². The van der Waals surface area contributed by atoms with E-state index in [1.807, 2.05) is 26.0 Å². The van der Waals surface area contributed by atoms with Crippen LogP contribution >= 0.6 is 0 Å². The second-order valence-corrected chi connectivity index (χ2v) is 7.08. The van der Waals surface area contributed by atoms with Crippen molar-refractivity contribution >= 4 is 0 Å². The first-order valence-corrected chi connectivity index (χ1v) is 9.00. The lowest BCUT2D eigenvalue weighted by molar-refractivity contribution is 0.495. The molecule has 0 saturated carbocycles. The zero-order valence-electron chi connectivity index (χ0n) is 15.1. The fourth-order valence-corrected chi connectivity index (χ4v) is 3.84. The predicted octanol–water partition coefficient (Wildman–Crippen LogP) is 6.74. The smallest absolute Gasteiger partial charge is 0.167 e. The number of hydrogen-bond acceptors (Lipinski definition) is 0. The van der Waals surface area contributed by atoms with Gasteiger partial charge in [0, 0.05) is 16.7 Å². The van der Waals surface area contributed by atoms with Gasteiger partial charge in [0.15, 0.2) is 23.3 Å². The summed E-state index contributed by atoms with van der Waals surface area (Å²) >= 11 is 0. The van der Waals surface area contributed by atoms with Gasteiger partial charge in [0.05, 0.1) is 0 Å². The number of rotatable bonds is 3. The third-order valence-electron chi connectivity index (χ3n) is 5.16. The van der Waals surface area contributed by atoms with Gasteiger partial charge in [-0.15, -0.1) is 0 Å². The first kappa shape index (κ1) is 17.8. The van der Waals surface area contributed by atoms with E-state index in [-0.39, 0.29) is 28.7 Å². The van der Waals surface area contributed by atoms with Gasteiger partial charge in [0.1, 0.15) is 0 Å². The van der Waals surface area contributed by atoms with E-state index >= 15 is 0 Å². The zero-order valence-corrected chi connectivity index (χ0v) is 15.1. The molecule has 0 fully saturated rings. The second-order valence-electron chi connectivity index (χ2n) is 7.08. The first-order valence-electron chi connectivity index (χ1n) is 9.00. The van der Waals surface area contributed by atoms with Gasteiger partial charge < -0.3 is 0 Å². The molecule has 4 heteroatoms. The summed E-state index contributed by atoms with van der Waals surface area (Å²) < 4.78 is 58.7. The molecule has 138 valence electrons. The Kier molecular flexibility index (Phi) is 4.29. The second kappa shape index (κ2) is 6.52. The van der Waals surface area contributed by atoms with E-state index in [2.05, 4.69) is 0 Å². The van der Waals surface area contributed by atoms with E-state index in [9.17, 15) is 17.6 Å². The lowest BCUT2D eigenvalue weighted by Crippen LogP contribution is -2.00. The van der Waals surface area contributed by atoms with E-state index in [1.165, 1.54) is 0 Å². The average molecular weight is 370 g/mol. The highest BCUT2D eigenvalue weighted by Gasteiger charge is 2.31. The molecule has 4 rings (SSSR count). The number of fused-ring (bicyclic) bond motifs is 3. The van der Waals surface area contributed by atoms with Crippen LogP contribution in [-0.2, 0) is 12.8 Å². The lowest BCUT2D eigenvalue weighted by Gasteiger charge is -2.11. The van der Waals surface area contributed by atoms with Crippen molar-refractivity contribution in [3.05, 3.63) is 81.9 Å². The van der Waals surface area contributed by atoms with E-state index < -0.39 is 23.3 Å². The van der Waals surface area contributed by atoms with Crippen molar-refractivity contribution in [1.82, 2.24) is 0 Å². The Hall–Kier alpha value is -2.62. The summed E-state index contributed by atoms with van der Waals surface area (Å²) in [6.45, 7) is 3.79. The van der Waals surface area contributed by atoms with Crippen molar-refractivity contribution in [2.45, 2.75) is 33.1 Å². The molecule has 1 aliphatic rings. The quantitative estimate of drug-likeness (QED) is 0.350. The maximum absolute atomic E-state index is 14.9. The topological polar surface area (TPSA) is 0 Å². The van der Waals surface area contributed by atoms with Crippen LogP contribution < -0.4 is 0 Å². The predicted molar refractivity (Wildman–Crippen MR) is 98.7 cm³/mol. The summed E-state index contributed by atoms with van der Waals surface area (Å²) in [6, 6.07) is 10.2. The van der Waals surface area contributed by atoms with Crippen molar-refractivity contribution in [1.29, 1.82) is 0 Å². The molecule has 0 aliphatic heterocycles. The van der Waals surface area contributed by atoms with Crippen molar-refractivity contribution in [2.24, 2.45) is 0 Å². The summed E-state index contributed by atoms with van der Waals surface area (Å²) in [5, 5.41) is 0. The summed E-state index contributed by atoms with van der Waals surface area (Å²) in [6.07, 6.45) is 1.33. The molecule has 0 spiro atoms. The van der Waals surface area contributed by atoms with Gasteiger partial charge in [-0.2, -0.15) is 0 Å². The summed E-state index contributed by atoms with van der Waals surface area (Å²) in [5.41, 5.74) is 2.66. The monoisotopic (exact) mass is 370 g/mol. The molecule has 3 aromatic rings. The zero-order chi connectivity index (χ0) is 19.3. The van der Waals surface area contributed by atoms with E-state index in [4.69, 9.17) is 0 Å². The molecule has 0 amide bonds. The lowest BCUT2D eigenvalue weighted by atomic mass is 9.96. The standard InChI is InChI=1S/C23H18F4/c1-3-4-14-9-15-10-16-11-17(13-7-5-12(2)6-8-13)21(25)23(27)19(16)18(15)22(26)20(14)24/h5-9,11H,3-4,10H2,1-2H3. The van der Waals surface area contributed by atoms with Crippen LogP contribution in [0.15, 0.2) is 36.4 Å². The van der Waals surface area contributed by atoms with Crippen LogP contribution in [0.4, 0.5) is 17.6 Å². The van der Waals surface area contributed by atoms with Crippen molar-refractivity contribution in [2.75, 3.05) is 0 Å². The van der Waals surface area contributed by atoms with Gasteiger partial charge >= 0.3 is 0 Å². The molecule has 0 N–H and O–H groups in total. The summed E-state index contributed by atoms with van der Waals surface area (Å²) in [7, 11) is 0. The average Bonchev–Trinajstić information content (AvgIpc) is 3.02. The molecule has 0 heterocycles.